The van der Waals surface area contributed by atoms with Gasteiger partial charge in [-0.1, -0.05) is 36.7 Å². The van der Waals surface area contributed by atoms with Gasteiger partial charge in [-0.15, -0.1) is 0 Å². The molecule has 0 bridgehead atoms. The largest absolute Gasteiger partial charge is 0.322 e. The summed E-state index contributed by atoms with van der Waals surface area (Å²) in [5, 5.41) is 2.89. The number of rotatable bonds is 5. The van der Waals surface area contributed by atoms with Crippen molar-refractivity contribution >= 4 is 33.2 Å². The summed E-state index contributed by atoms with van der Waals surface area (Å²) in [7, 11) is -3.85. The Kier molecular flexibility index (Phi) is 6.11. The van der Waals surface area contributed by atoms with Crippen molar-refractivity contribution in [2.24, 2.45) is 0 Å². The molecule has 0 saturated heterocycles. The van der Waals surface area contributed by atoms with E-state index in [4.69, 9.17) is 11.6 Å². The number of hydrogen-bond acceptors (Lipinski definition) is 3. The molecule has 0 saturated carbocycles. The molecule has 0 aromatic heterocycles. The molecule has 7 heteroatoms. The summed E-state index contributed by atoms with van der Waals surface area (Å²) in [5.41, 5.74) is 1.25. The van der Waals surface area contributed by atoms with Crippen molar-refractivity contribution in [1.29, 1.82) is 0 Å². The van der Waals surface area contributed by atoms with Crippen LogP contribution in [0.2, 0.25) is 5.02 Å². The van der Waals surface area contributed by atoms with Crippen molar-refractivity contribution in [1.82, 2.24) is 4.72 Å². The number of sulfonamides is 1. The number of aryl methyl sites for hydroxylation is 1. The van der Waals surface area contributed by atoms with Gasteiger partial charge in [0.2, 0.25) is 10.0 Å². The van der Waals surface area contributed by atoms with Gasteiger partial charge in [0.05, 0.1) is 5.02 Å². The maximum Gasteiger partial charge on any atom is 0.255 e. The Balaban J connectivity index is 2.36. The zero-order chi connectivity index (χ0) is 19.5. The molecule has 1 amide bonds. The van der Waals surface area contributed by atoms with E-state index in [-0.39, 0.29) is 15.5 Å². The monoisotopic (exact) mass is 394 g/mol. The number of anilines is 1. The van der Waals surface area contributed by atoms with Crippen LogP contribution in [0.5, 0.6) is 0 Å². The Bertz CT molecular complexity index is 919. The number of amides is 1. The average Bonchev–Trinajstić information content (AvgIpc) is 2.53. The van der Waals surface area contributed by atoms with E-state index in [0.29, 0.717) is 5.69 Å². The Hall–Kier alpha value is -1.89. The highest BCUT2D eigenvalue weighted by Crippen LogP contribution is 2.25. The van der Waals surface area contributed by atoms with Crippen LogP contribution < -0.4 is 10.0 Å². The lowest BCUT2D eigenvalue weighted by Crippen LogP contribution is -2.40. The average molecular weight is 395 g/mol. The predicted octanol–water partition coefficient (Wildman–Crippen LogP) is 4.23. The molecule has 2 N–H and O–H groups in total. The number of para-hydroxylation sites is 1. The molecule has 0 spiro atoms. The van der Waals surface area contributed by atoms with Gasteiger partial charge in [0.1, 0.15) is 4.90 Å². The first-order chi connectivity index (χ1) is 12.0. The van der Waals surface area contributed by atoms with E-state index in [1.807, 2.05) is 31.2 Å². The lowest BCUT2D eigenvalue weighted by Gasteiger charge is -2.21. The Morgan fingerprint density at radius 2 is 1.77 bits per heavy atom. The molecular formula is C19H23ClN2O3S. The number of nitrogens with one attached hydrogen (secondary N) is 2. The van der Waals surface area contributed by atoms with Crippen molar-refractivity contribution in [3.8, 4) is 0 Å². The van der Waals surface area contributed by atoms with Crippen molar-refractivity contribution in [2.75, 3.05) is 5.32 Å². The minimum absolute atomic E-state index is 0.0623. The van der Waals surface area contributed by atoms with Crippen LogP contribution in [0.25, 0.3) is 0 Å². The highest BCUT2D eigenvalue weighted by Gasteiger charge is 2.25. The standard InChI is InChI=1S/C19H23ClN2O3S/c1-5-13-8-6-7-9-16(13)21-18(23)14-10-11-15(20)17(12-14)26(24,25)22-19(2,3)4/h6-12,22H,5H2,1-4H3,(H,21,23). The lowest BCUT2D eigenvalue weighted by atomic mass is 10.1. The zero-order valence-electron chi connectivity index (χ0n) is 15.3. The van der Waals surface area contributed by atoms with Crippen LogP contribution in [-0.4, -0.2) is 19.9 Å². The van der Waals surface area contributed by atoms with Crippen molar-refractivity contribution < 1.29 is 13.2 Å². The second-order valence-electron chi connectivity index (χ2n) is 6.97. The molecule has 0 atom stereocenters. The zero-order valence-corrected chi connectivity index (χ0v) is 16.8. The molecule has 0 unspecified atom stereocenters. The van der Waals surface area contributed by atoms with E-state index >= 15 is 0 Å². The SMILES string of the molecule is CCc1ccccc1NC(=O)c1ccc(Cl)c(S(=O)(=O)NC(C)(C)C)c1. The number of halogens is 1. The number of carbonyl (C=O) groups excluding carboxylic acids is 1. The van der Waals surface area contributed by atoms with E-state index in [1.165, 1.54) is 18.2 Å². The maximum absolute atomic E-state index is 12.6. The summed E-state index contributed by atoms with van der Waals surface area (Å²) in [4.78, 5) is 12.5. The molecule has 2 aromatic rings. The normalized spacial score (nSPS) is 12.0. The van der Waals surface area contributed by atoms with Gasteiger partial charge in [-0.25, -0.2) is 13.1 Å². The summed E-state index contributed by atoms with van der Waals surface area (Å²) < 4.78 is 27.7. The fourth-order valence-electron chi connectivity index (χ4n) is 2.45. The molecule has 5 nitrogen and oxygen atoms in total. The fraction of sp³-hybridized carbons (Fsp3) is 0.316. The van der Waals surface area contributed by atoms with Gasteiger partial charge < -0.3 is 5.32 Å². The smallest absolute Gasteiger partial charge is 0.255 e. The molecule has 0 radical (unpaired) electrons. The van der Waals surface area contributed by atoms with Crippen LogP contribution >= 0.6 is 11.6 Å². The summed E-state index contributed by atoms with van der Waals surface area (Å²) in [6, 6.07) is 11.7. The predicted molar refractivity (Wildman–Crippen MR) is 105 cm³/mol. The molecule has 2 aromatic carbocycles. The summed E-state index contributed by atoms with van der Waals surface area (Å²) >= 11 is 6.07. The molecule has 0 aliphatic heterocycles. The highest BCUT2D eigenvalue weighted by molar-refractivity contribution is 7.89. The molecule has 0 aliphatic carbocycles. The van der Waals surface area contributed by atoms with E-state index in [1.54, 1.807) is 20.8 Å². The third kappa shape index (κ3) is 5.06. The minimum atomic E-state index is -3.85. The number of benzene rings is 2. The third-order valence-electron chi connectivity index (χ3n) is 3.57. The van der Waals surface area contributed by atoms with Gasteiger partial charge in [-0.3, -0.25) is 4.79 Å². The summed E-state index contributed by atoms with van der Waals surface area (Å²) in [6.45, 7) is 7.19. The molecular weight excluding hydrogens is 372 g/mol. The van der Waals surface area contributed by atoms with Crippen LogP contribution in [0.15, 0.2) is 47.4 Å². The van der Waals surface area contributed by atoms with E-state index in [0.717, 1.165) is 12.0 Å². The molecule has 26 heavy (non-hydrogen) atoms. The van der Waals surface area contributed by atoms with Crippen molar-refractivity contribution in [3.63, 3.8) is 0 Å². The van der Waals surface area contributed by atoms with Gasteiger partial charge in [0.25, 0.3) is 5.91 Å². The van der Waals surface area contributed by atoms with Crippen molar-refractivity contribution in [3.05, 3.63) is 58.6 Å². The van der Waals surface area contributed by atoms with Crippen molar-refractivity contribution in [2.45, 2.75) is 44.6 Å². The topological polar surface area (TPSA) is 75.3 Å². The lowest BCUT2D eigenvalue weighted by molar-refractivity contribution is 0.102. The Morgan fingerprint density at radius 1 is 1.12 bits per heavy atom. The van der Waals surface area contributed by atoms with E-state index in [9.17, 15) is 13.2 Å². The Labute approximate surface area is 159 Å². The summed E-state index contributed by atoms with van der Waals surface area (Å²) in [5.74, 6) is -0.394. The van der Waals surface area contributed by atoms with Gasteiger partial charge >= 0.3 is 0 Å². The molecule has 2 rings (SSSR count). The first-order valence-corrected chi connectivity index (χ1v) is 10.1. The highest BCUT2D eigenvalue weighted by atomic mass is 35.5. The first kappa shape index (κ1) is 20.4. The minimum Gasteiger partial charge on any atom is -0.322 e. The summed E-state index contributed by atoms with van der Waals surface area (Å²) in [6.07, 6.45) is 0.770. The number of hydrogen-bond donors (Lipinski definition) is 2. The first-order valence-electron chi connectivity index (χ1n) is 8.26. The maximum atomic E-state index is 12.6. The fourth-order valence-corrected chi connectivity index (χ4v) is 4.40. The van der Waals surface area contributed by atoms with Crippen LogP contribution in [0, 0.1) is 0 Å². The third-order valence-corrected chi connectivity index (χ3v) is 5.81. The molecule has 0 aliphatic rings. The van der Waals surface area contributed by atoms with Gasteiger partial charge in [0, 0.05) is 16.8 Å². The van der Waals surface area contributed by atoms with E-state index in [2.05, 4.69) is 10.0 Å². The Morgan fingerprint density at radius 3 is 2.38 bits per heavy atom. The van der Waals surface area contributed by atoms with Crippen LogP contribution in [0.3, 0.4) is 0 Å². The second kappa shape index (κ2) is 7.78. The quantitative estimate of drug-likeness (QED) is 0.796. The molecule has 0 heterocycles. The van der Waals surface area contributed by atoms with E-state index < -0.39 is 21.5 Å². The van der Waals surface area contributed by atoms with Gasteiger partial charge in [-0.2, -0.15) is 0 Å². The van der Waals surface area contributed by atoms with Crippen LogP contribution in [-0.2, 0) is 16.4 Å². The molecule has 140 valence electrons. The number of carbonyl (C=O) groups is 1. The van der Waals surface area contributed by atoms with Crippen LogP contribution in [0.1, 0.15) is 43.6 Å². The van der Waals surface area contributed by atoms with Gasteiger partial charge in [-0.05, 0) is 57.0 Å². The second-order valence-corrected chi connectivity index (χ2v) is 9.02. The molecule has 0 fully saturated rings. The van der Waals surface area contributed by atoms with Gasteiger partial charge in [0.15, 0.2) is 0 Å². The van der Waals surface area contributed by atoms with Crippen LogP contribution in [0.4, 0.5) is 5.69 Å².